The van der Waals surface area contributed by atoms with Crippen LogP contribution in [0.3, 0.4) is 0 Å². The molecule has 0 unspecified atom stereocenters. The lowest BCUT2D eigenvalue weighted by Gasteiger charge is -2.37. The second-order valence-electron chi connectivity index (χ2n) is 6.51. The van der Waals surface area contributed by atoms with E-state index in [-0.39, 0.29) is 0 Å². The minimum Gasteiger partial charge on any atom is -0.445 e. The predicted octanol–water partition coefficient (Wildman–Crippen LogP) is 2.19. The zero-order chi connectivity index (χ0) is 17.3. The SMILES string of the molecule is CC(C)(C)OC(=O)N1CCN(c2cncc([B-](F)(F)F)c2)CC1. The van der Waals surface area contributed by atoms with Gasteiger partial charge in [0.25, 0.3) is 0 Å². The molecule has 0 atom stereocenters. The van der Waals surface area contributed by atoms with E-state index >= 15 is 0 Å². The van der Waals surface area contributed by atoms with Crippen LogP contribution in [0.15, 0.2) is 18.5 Å². The first-order chi connectivity index (χ1) is 10.6. The molecule has 2 heterocycles. The largest absolute Gasteiger partial charge is 0.511 e. The van der Waals surface area contributed by atoms with Crippen molar-refractivity contribution in [2.45, 2.75) is 26.4 Å². The maximum Gasteiger partial charge on any atom is 0.511 e. The molecule has 1 aliphatic rings. The van der Waals surface area contributed by atoms with Crippen molar-refractivity contribution in [2.24, 2.45) is 0 Å². The minimum absolute atomic E-state index is 0.399. The predicted molar refractivity (Wildman–Crippen MR) is 83.0 cm³/mol. The van der Waals surface area contributed by atoms with Crippen molar-refractivity contribution in [2.75, 3.05) is 31.1 Å². The van der Waals surface area contributed by atoms with E-state index in [1.165, 1.54) is 6.20 Å². The Morgan fingerprint density at radius 3 is 2.30 bits per heavy atom. The summed E-state index contributed by atoms with van der Waals surface area (Å²) in [4.78, 5) is 19.0. The normalized spacial score (nSPS) is 16.4. The molecule has 0 bridgehead atoms. The van der Waals surface area contributed by atoms with Crippen LogP contribution in [0.2, 0.25) is 0 Å². The number of anilines is 1. The molecule has 1 fully saturated rings. The smallest absolute Gasteiger partial charge is 0.445 e. The summed E-state index contributed by atoms with van der Waals surface area (Å²) in [6, 6.07) is 1.11. The summed E-state index contributed by atoms with van der Waals surface area (Å²) < 4.78 is 43.7. The lowest BCUT2D eigenvalue weighted by atomic mass is 9.81. The highest BCUT2D eigenvalue weighted by Gasteiger charge is 2.28. The Morgan fingerprint density at radius 1 is 1.17 bits per heavy atom. The van der Waals surface area contributed by atoms with Gasteiger partial charge in [-0.25, -0.2) is 4.79 Å². The van der Waals surface area contributed by atoms with Crippen molar-refractivity contribution in [3.8, 4) is 0 Å². The molecule has 1 amide bonds. The fourth-order valence-electron chi connectivity index (χ4n) is 2.27. The third-order valence-corrected chi connectivity index (χ3v) is 3.42. The van der Waals surface area contributed by atoms with Crippen LogP contribution in [0.4, 0.5) is 23.4 Å². The number of carbonyl (C=O) groups excluding carboxylic acids is 1. The van der Waals surface area contributed by atoms with E-state index in [0.29, 0.717) is 31.9 Å². The molecule has 0 aromatic carbocycles. The fourth-order valence-corrected chi connectivity index (χ4v) is 2.27. The molecule has 1 aromatic heterocycles. The maximum atomic E-state index is 12.8. The van der Waals surface area contributed by atoms with Crippen molar-refractivity contribution in [1.29, 1.82) is 0 Å². The van der Waals surface area contributed by atoms with Crippen LogP contribution in [-0.2, 0) is 4.74 Å². The quantitative estimate of drug-likeness (QED) is 0.780. The van der Waals surface area contributed by atoms with Gasteiger partial charge in [0.15, 0.2) is 0 Å². The van der Waals surface area contributed by atoms with Crippen LogP contribution in [0.5, 0.6) is 0 Å². The number of aromatic nitrogens is 1. The van der Waals surface area contributed by atoms with E-state index in [1.54, 1.807) is 30.6 Å². The van der Waals surface area contributed by atoms with Gasteiger partial charge in [-0.1, -0.05) is 11.5 Å². The van der Waals surface area contributed by atoms with Crippen LogP contribution in [0.1, 0.15) is 20.8 Å². The highest BCUT2D eigenvalue weighted by Crippen LogP contribution is 2.18. The lowest BCUT2D eigenvalue weighted by molar-refractivity contribution is 0.0240. The summed E-state index contributed by atoms with van der Waals surface area (Å²) in [5.41, 5.74) is -0.857. The molecule has 2 rings (SSSR count). The average molecular weight is 330 g/mol. The van der Waals surface area contributed by atoms with Crippen molar-refractivity contribution >= 4 is 24.2 Å². The Balaban J connectivity index is 1.98. The summed E-state index contributed by atoms with van der Waals surface area (Å²) in [5.74, 6) is 0. The van der Waals surface area contributed by atoms with Gasteiger partial charge in [-0.15, -0.1) is 0 Å². The summed E-state index contributed by atoms with van der Waals surface area (Å²) in [7, 11) is 0. The second-order valence-corrected chi connectivity index (χ2v) is 6.51. The summed E-state index contributed by atoms with van der Waals surface area (Å²) >= 11 is 0. The van der Waals surface area contributed by atoms with Gasteiger partial charge in [0.1, 0.15) is 5.60 Å². The number of amides is 1. The molecule has 0 spiro atoms. The first-order valence-electron chi connectivity index (χ1n) is 7.44. The van der Waals surface area contributed by atoms with Crippen LogP contribution in [0.25, 0.3) is 0 Å². The van der Waals surface area contributed by atoms with Gasteiger partial charge in [-0.2, -0.15) is 0 Å². The molecule has 23 heavy (non-hydrogen) atoms. The molecular formula is C14H20BF3N3O2-. The van der Waals surface area contributed by atoms with Crippen molar-refractivity contribution in [1.82, 2.24) is 9.88 Å². The molecule has 9 heteroatoms. The van der Waals surface area contributed by atoms with Gasteiger partial charge in [0.05, 0.1) is 5.69 Å². The first-order valence-corrected chi connectivity index (χ1v) is 7.44. The molecule has 1 saturated heterocycles. The monoisotopic (exact) mass is 330 g/mol. The zero-order valence-corrected chi connectivity index (χ0v) is 13.4. The number of piperazine rings is 1. The second kappa shape index (κ2) is 6.29. The molecule has 1 aliphatic heterocycles. The molecule has 0 aliphatic carbocycles. The molecule has 0 radical (unpaired) electrons. The number of carbonyl (C=O) groups is 1. The molecule has 1 aromatic rings. The Labute approximate surface area is 133 Å². The standard InChI is InChI=1S/C14H20BF3N3O2/c1-14(2,3)23-13(22)21-6-4-20(5-7-21)12-8-11(9-19-10-12)15(16,17)18/h8-10H,4-7H2,1-3H3/q-1. The Bertz CT molecular complexity index is 567. The number of hydrogen-bond donors (Lipinski definition) is 0. The number of rotatable bonds is 2. The third kappa shape index (κ3) is 4.77. The van der Waals surface area contributed by atoms with Crippen LogP contribution < -0.4 is 10.4 Å². The van der Waals surface area contributed by atoms with Gasteiger partial charge in [-0.05, 0) is 20.8 Å². The first kappa shape index (κ1) is 17.4. The van der Waals surface area contributed by atoms with E-state index in [9.17, 15) is 17.7 Å². The van der Waals surface area contributed by atoms with E-state index in [1.807, 2.05) is 0 Å². The number of pyridine rings is 1. The van der Waals surface area contributed by atoms with E-state index in [0.717, 1.165) is 12.3 Å². The zero-order valence-electron chi connectivity index (χ0n) is 13.4. The topological polar surface area (TPSA) is 45.7 Å². The number of ether oxygens (including phenoxy) is 1. The van der Waals surface area contributed by atoms with E-state index in [2.05, 4.69) is 4.98 Å². The molecule has 128 valence electrons. The van der Waals surface area contributed by atoms with Gasteiger partial charge >= 0.3 is 13.1 Å². The maximum absolute atomic E-state index is 12.8. The number of halogens is 3. The number of hydrogen-bond acceptors (Lipinski definition) is 4. The van der Waals surface area contributed by atoms with Crippen LogP contribution in [0, 0.1) is 0 Å². The van der Waals surface area contributed by atoms with Crippen molar-refractivity contribution in [3.63, 3.8) is 0 Å². The Hall–Kier alpha value is -1.93. The Kier molecular flexibility index (Phi) is 4.77. The van der Waals surface area contributed by atoms with E-state index in [4.69, 9.17) is 4.74 Å². The number of nitrogens with zero attached hydrogens (tertiary/aromatic N) is 3. The van der Waals surface area contributed by atoms with Gasteiger partial charge < -0.3 is 27.5 Å². The minimum atomic E-state index is -5.07. The lowest BCUT2D eigenvalue weighted by Crippen LogP contribution is -2.50. The van der Waals surface area contributed by atoms with Crippen LogP contribution >= 0.6 is 0 Å². The summed E-state index contributed by atoms with van der Waals surface area (Å²) in [5, 5.41) is 0. The summed E-state index contributed by atoms with van der Waals surface area (Å²) in [6.07, 6.45) is 1.84. The molecule has 0 N–H and O–H groups in total. The summed E-state index contributed by atoms with van der Waals surface area (Å²) in [6.45, 7) is 1.98. The fraction of sp³-hybridized carbons (Fsp3) is 0.571. The van der Waals surface area contributed by atoms with Crippen LogP contribution in [-0.4, -0.2) is 54.7 Å². The van der Waals surface area contributed by atoms with E-state index < -0.39 is 24.1 Å². The highest BCUT2D eigenvalue weighted by atomic mass is 19.4. The third-order valence-electron chi connectivity index (χ3n) is 3.42. The van der Waals surface area contributed by atoms with Gasteiger partial charge in [0, 0.05) is 38.6 Å². The average Bonchev–Trinajstić information content (AvgIpc) is 2.45. The van der Waals surface area contributed by atoms with Crippen molar-refractivity contribution in [3.05, 3.63) is 18.5 Å². The van der Waals surface area contributed by atoms with Crippen molar-refractivity contribution < 1.29 is 22.5 Å². The highest BCUT2D eigenvalue weighted by molar-refractivity contribution is 6.73. The van der Waals surface area contributed by atoms with Gasteiger partial charge in [0.2, 0.25) is 0 Å². The molecule has 0 saturated carbocycles. The Morgan fingerprint density at radius 2 is 1.78 bits per heavy atom. The molecule has 5 nitrogen and oxygen atoms in total. The van der Waals surface area contributed by atoms with Gasteiger partial charge in [-0.3, -0.25) is 4.98 Å². The molecular weight excluding hydrogens is 310 g/mol.